The number of ether oxygens (including phenoxy) is 1. The number of aliphatic imine (C=N–C) groups is 1. The topological polar surface area (TPSA) is 83.4 Å². The molecule has 0 bridgehead atoms. The molecular formula is C28H26N4O3S. The Morgan fingerprint density at radius 1 is 1.08 bits per heavy atom. The van der Waals surface area contributed by atoms with Crippen LogP contribution in [0.3, 0.4) is 0 Å². The zero-order chi connectivity index (χ0) is 25.1. The van der Waals surface area contributed by atoms with E-state index in [1.165, 1.54) is 11.8 Å². The summed E-state index contributed by atoms with van der Waals surface area (Å²) in [7, 11) is 1.64. The van der Waals surface area contributed by atoms with Gasteiger partial charge in [-0.1, -0.05) is 66.4 Å². The van der Waals surface area contributed by atoms with Crippen LogP contribution in [-0.4, -0.2) is 40.1 Å². The first-order valence-corrected chi connectivity index (χ1v) is 12.6. The van der Waals surface area contributed by atoms with E-state index in [0.29, 0.717) is 17.3 Å². The summed E-state index contributed by atoms with van der Waals surface area (Å²) in [5.74, 6) is 0.241. The van der Waals surface area contributed by atoms with Crippen molar-refractivity contribution in [3.05, 3.63) is 95.6 Å². The maximum Gasteiger partial charge on any atom is 0.262 e. The van der Waals surface area contributed by atoms with E-state index < -0.39 is 5.25 Å². The van der Waals surface area contributed by atoms with Gasteiger partial charge >= 0.3 is 0 Å². The van der Waals surface area contributed by atoms with Crippen molar-refractivity contribution in [3.63, 3.8) is 0 Å². The van der Waals surface area contributed by atoms with E-state index in [9.17, 15) is 9.59 Å². The average Bonchev–Trinajstić information content (AvgIpc) is 3.48. The lowest BCUT2D eigenvalue weighted by atomic mass is 9.98. The first-order chi connectivity index (χ1) is 17.5. The van der Waals surface area contributed by atoms with Crippen molar-refractivity contribution in [3.8, 4) is 5.75 Å². The highest BCUT2D eigenvalue weighted by atomic mass is 32.2. The van der Waals surface area contributed by atoms with E-state index in [4.69, 9.17) is 9.84 Å². The molecule has 0 spiro atoms. The molecular weight excluding hydrogens is 472 g/mol. The van der Waals surface area contributed by atoms with Gasteiger partial charge in [-0.25, -0.2) is 5.01 Å². The number of amides is 2. The van der Waals surface area contributed by atoms with Crippen LogP contribution >= 0.6 is 11.8 Å². The number of aryl methyl sites for hydroxylation is 1. The number of methoxy groups -OCH3 is 1. The van der Waals surface area contributed by atoms with Gasteiger partial charge in [0.1, 0.15) is 11.0 Å². The summed E-state index contributed by atoms with van der Waals surface area (Å²) in [5.41, 5.74) is 4.76. The summed E-state index contributed by atoms with van der Waals surface area (Å²) in [5, 5.41) is 9.51. The Morgan fingerprint density at radius 2 is 1.86 bits per heavy atom. The predicted octanol–water partition coefficient (Wildman–Crippen LogP) is 5.18. The maximum absolute atomic E-state index is 12.8. The van der Waals surface area contributed by atoms with Crippen LogP contribution in [0, 0.1) is 6.92 Å². The molecule has 1 N–H and O–H groups in total. The number of thioether (sulfide) groups is 1. The fraction of sp³-hybridized carbons (Fsp3) is 0.214. The molecule has 182 valence electrons. The number of carbonyl (C=O) groups excluding carboxylic acids is 2. The molecule has 36 heavy (non-hydrogen) atoms. The second kappa shape index (κ2) is 10.4. The third-order valence-electron chi connectivity index (χ3n) is 6.12. The maximum atomic E-state index is 12.8. The van der Waals surface area contributed by atoms with E-state index in [-0.39, 0.29) is 24.3 Å². The van der Waals surface area contributed by atoms with E-state index in [0.717, 1.165) is 28.2 Å². The Morgan fingerprint density at radius 3 is 2.58 bits per heavy atom. The van der Waals surface area contributed by atoms with Crippen LogP contribution in [0.1, 0.15) is 35.6 Å². The number of amidine groups is 1. The van der Waals surface area contributed by atoms with Gasteiger partial charge in [0.2, 0.25) is 5.91 Å². The van der Waals surface area contributed by atoms with Crippen molar-refractivity contribution in [2.24, 2.45) is 10.1 Å². The number of benzene rings is 3. The zero-order valence-electron chi connectivity index (χ0n) is 20.0. The zero-order valence-corrected chi connectivity index (χ0v) is 20.9. The van der Waals surface area contributed by atoms with Crippen LogP contribution in [0.25, 0.3) is 0 Å². The van der Waals surface area contributed by atoms with E-state index in [1.807, 2.05) is 90.8 Å². The first kappa shape index (κ1) is 23.8. The molecule has 2 atom stereocenters. The monoisotopic (exact) mass is 498 g/mol. The Balaban J connectivity index is 1.35. The Hall–Kier alpha value is -3.91. The molecule has 0 saturated carbocycles. The minimum Gasteiger partial charge on any atom is -0.497 e. The molecule has 3 aromatic carbocycles. The second-order valence-electron chi connectivity index (χ2n) is 8.71. The SMILES string of the molecule is COc1ccc(C2CC(c3ccccc3)=NN2C2=NC(=O)C(CC(=O)Nc3cccc(C)c3)S2)cc1. The minimum absolute atomic E-state index is 0.0424. The largest absolute Gasteiger partial charge is 0.497 e. The van der Waals surface area contributed by atoms with Crippen molar-refractivity contribution in [1.29, 1.82) is 0 Å². The highest BCUT2D eigenvalue weighted by Gasteiger charge is 2.39. The lowest BCUT2D eigenvalue weighted by Crippen LogP contribution is -2.25. The van der Waals surface area contributed by atoms with Gasteiger partial charge in [0.05, 0.1) is 18.9 Å². The second-order valence-corrected chi connectivity index (χ2v) is 9.88. The molecule has 2 unspecified atom stereocenters. The molecule has 2 amide bonds. The number of carbonyl (C=O) groups is 2. The summed E-state index contributed by atoms with van der Waals surface area (Å²) in [6.07, 6.45) is 0.712. The smallest absolute Gasteiger partial charge is 0.262 e. The lowest BCUT2D eigenvalue weighted by Gasteiger charge is -2.23. The van der Waals surface area contributed by atoms with Crippen LogP contribution in [0.15, 0.2) is 89.0 Å². The molecule has 7 nitrogen and oxygen atoms in total. The highest BCUT2D eigenvalue weighted by molar-refractivity contribution is 8.15. The van der Waals surface area contributed by atoms with Gasteiger partial charge in [-0.15, -0.1) is 0 Å². The molecule has 5 rings (SSSR count). The molecule has 2 aliphatic heterocycles. The van der Waals surface area contributed by atoms with Crippen LogP contribution in [0.2, 0.25) is 0 Å². The summed E-state index contributed by atoms with van der Waals surface area (Å²) in [6, 6.07) is 25.3. The number of rotatable bonds is 6. The third-order valence-corrected chi connectivity index (χ3v) is 7.26. The number of hydrazone groups is 1. The van der Waals surface area contributed by atoms with Gasteiger partial charge in [-0.05, 0) is 47.9 Å². The van der Waals surface area contributed by atoms with Gasteiger partial charge in [0.25, 0.3) is 5.91 Å². The first-order valence-electron chi connectivity index (χ1n) is 11.7. The lowest BCUT2D eigenvalue weighted by molar-refractivity contribution is -0.121. The molecule has 0 saturated heterocycles. The molecule has 0 aliphatic carbocycles. The van der Waals surface area contributed by atoms with Crippen LogP contribution < -0.4 is 10.1 Å². The van der Waals surface area contributed by atoms with Crippen molar-refractivity contribution < 1.29 is 14.3 Å². The van der Waals surface area contributed by atoms with E-state index in [1.54, 1.807) is 7.11 Å². The van der Waals surface area contributed by atoms with Crippen molar-refractivity contribution in [2.75, 3.05) is 12.4 Å². The van der Waals surface area contributed by atoms with Gasteiger partial charge in [-0.3, -0.25) is 9.59 Å². The normalized spacial score (nSPS) is 19.2. The molecule has 0 aromatic heterocycles. The number of hydrogen-bond acceptors (Lipinski definition) is 6. The molecule has 2 aliphatic rings. The van der Waals surface area contributed by atoms with E-state index in [2.05, 4.69) is 10.3 Å². The number of nitrogens with one attached hydrogen (secondary N) is 1. The third kappa shape index (κ3) is 5.18. The summed E-state index contributed by atoms with van der Waals surface area (Å²) >= 11 is 1.30. The number of hydrogen-bond donors (Lipinski definition) is 1. The minimum atomic E-state index is -0.586. The van der Waals surface area contributed by atoms with Crippen LogP contribution in [0.5, 0.6) is 5.75 Å². The van der Waals surface area contributed by atoms with Gasteiger partial charge in [0.15, 0.2) is 5.17 Å². The van der Waals surface area contributed by atoms with Gasteiger partial charge in [0, 0.05) is 18.5 Å². The molecule has 3 aromatic rings. The molecule has 2 heterocycles. The average molecular weight is 499 g/mol. The van der Waals surface area contributed by atoms with Gasteiger partial charge < -0.3 is 10.1 Å². The highest BCUT2D eigenvalue weighted by Crippen LogP contribution is 2.39. The van der Waals surface area contributed by atoms with Crippen molar-refractivity contribution in [1.82, 2.24) is 5.01 Å². The Kier molecular flexibility index (Phi) is 6.86. The predicted molar refractivity (Wildman–Crippen MR) is 143 cm³/mol. The van der Waals surface area contributed by atoms with Crippen molar-refractivity contribution in [2.45, 2.75) is 31.1 Å². The summed E-state index contributed by atoms with van der Waals surface area (Å²) < 4.78 is 5.31. The fourth-order valence-corrected chi connectivity index (χ4v) is 5.35. The summed E-state index contributed by atoms with van der Waals surface area (Å²) in [6.45, 7) is 1.96. The quantitative estimate of drug-likeness (QED) is 0.506. The Bertz CT molecular complexity index is 1340. The number of nitrogens with zero attached hydrogens (tertiary/aromatic N) is 3. The molecule has 8 heteroatoms. The summed E-state index contributed by atoms with van der Waals surface area (Å²) in [4.78, 5) is 29.8. The fourth-order valence-electron chi connectivity index (χ4n) is 4.29. The van der Waals surface area contributed by atoms with E-state index >= 15 is 0 Å². The molecule has 0 fully saturated rings. The Labute approximate surface area is 214 Å². The van der Waals surface area contributed by atoms with Crippen LogP contribution in [0.4, 0.5) is 5.69 Å². The van der Waals surface area contributed by atoms with Gasteiger partial charge in [-0.2, -0.15) is 10.1 Å². The van der Waals surface area contributed by atoms with Crippen LogP contribution in [-0.2, 0) is 9.59 Å². The number of anilines is 1. The van der Waals surface area contributed by atoms with Crippen molar-refractivity contribution >= 4 is 40.1 Å². The standard InChI is InChI=1S/C28H26N4O3S/c1-18-7-6-10-21(15-18)29-26(33)17-25-27(34)30-28(36-25)32-24(20-11-13-22(35-2)14-12-20)16-23(31-32)19-8-4-3-5-9-19/h3-15,24-25H,16-17H2,1-2H3,(H,29,33). The molecule has 0 radical (unpaired) electrons.